The summed E-state index contributed by atoms with van der Waals surface area (Å²) in [6.45, 7) is 2.88. The number of ether oxygens (including phenoxy) is 1. The highest BCUT2D eigenvalue weighted by molar-refractivity contribution is 6.18. The van der Waals surface area contributed by atoms with Crippen molar-refractivity contribution < 1.29 is 14.6 Å². The Hall–Kier alpha value is -1.26. The van der Waals surface area contributed by atoms with Gasteiger partial charge in [0.05, 0.1) is 24.2 Å². The maximum atomic E-state index is 11.6. The lowest BCUT2D eigenvalue weighted by atomic mass is 10.2. The van der Waals surface area contributed by atoms with Crippen LogP contribution in [-0.4, -0.2) is 36.2 Å². The van der Waals surface area contributed by atoms with Crippen molar-refractivity contribution >= 4 is 23.3 Å². The molecule has 2 N–H and O–H groups in total. The molecule has 5 heteroatoms. The van der Waals surface area contributed by atoms with Gasteiger partial charge in [0, 0.05) is 12.2 Å². The number of hydrogen-bond donors (Lipinski definition) is 2. The molecule has 0 saturated carbocycles. The van der Waals surface area contributed by atoms with Crippen molar-refractivity contribution in [3.8, 4) is 0 Å². The molecule has 1 rings (SSSR count). The van der Waals surface area contributed by atoms with Gasteiger partial charge in [0.1, 0.15) is 0 Å². The number of carbonyl (C=O) groups excluding carboxylic acids is 1. The van der Waals surface area contributed by atoms with Gasteiger partial charge in [-0.05, 0) is 30.7 Å². The summed E-state index contributed by atoms with van der Waals surface area (Å²) in [6, 6.07) is 6.95. The normalized spacial score (nSPS) is 11.9. The van der Waals surface area contributed by atoms with Crippen molar-refractivity contribution in [2.75, 3.05) is 24.3 Å². The fraction of sp³-hybridized carbons (Fsp3) is 0.500. The fourth-order valence-electron chi connectivity index (χ4n) is 1.41. The molecule has 1 aromatic rings. The van der Waals surface area contributed by atoms with Gasteiger partial charge in [0.25, 0.3) is 0 Å². The molecule has 0 heterocycles. The predicted molar refractivity (Wildman–Crippen MR) is 76.8 cm³/mol. The molecule has 0 saturated heterocycles. The second-order valence-corrected chi connectivity index (χ2v) is 4.56. The first kappa shape index (κ1) is 15.8. The van der Waals surface area contributed by atoms with Crippen LogP contribution in [0.25, 0.3) is 0 Å². The lowest BCUT2D eigenvalue weighted by Gasteiger charge is -2.10. The largest absolute Gasteiger partial charge is 0.462 e. The summed E-state index contributed by atoms with van der Waals surface area (Å²) >= 11 is 5.49. The van der Waals surface area contributed by atoms with Crippen molar-refractivity contribution in [2.24, 2.45) is 0 Å². The van der Waals surface area contributed by atoms with Crippen molar-refractivity contribution in [3.05, 3.63) is 29.8 Å². The molecular weight excluding hydrogens is 266 g/mol. The van der Waals surface area contributed by atoms with E-state index < -0.39 is 6.10 Å². The highest BCUT2D eigenvalue weighted by atomic mass is 35.5. The van der Waals surface area contributed by atoms with Gasteiger partial charge in [-0.2, -0.15) is 0 Å². The molecule has 0 aliphatic carbocycles. The first-order chi connectivity index (χ1) is 9.17. The average Bonchev–Trinajstić information content (AvgIpc) is 2.45. The summed E-state index contributed by atoms with van der Waals surface area (Å²) in [5.41, 5.74) is 1.36. The van der Waals surface area contributed by atoms with Crippen LogP contribution in [0.2, 0.25) is 0 Å². The Bertz CT molecular complexity index is 381. The minimum absolute atomic E-state index is 0.189. The van der Waals surface area contributed by atoms with E-state index in [1.165, 1.54) is 0 Å². The van der Waals surface area contributed by atoms with Crippen LogP contribution in [0.3, 0.4) is 0 Å². The number of halogens is 1. The van der Waals surface area contributed by atoms with Gasteiger partial charge in [-0.3, -0.25) is 0 Å². The Morgan fingerprint density at radius 2 is 2.11 bits per heavy atom. The Morgan fingerprint density at radius 1 is 1.42 bits per heavy atom. The number of aliphatic hydroxyl groups excluding tert-OH is 1. The third-order valence-electron chi connectivity index (χ3n) is 2.57. The molecule has 1 aromatic carbocycles. The number of rotatable bonds is 8. The Balaban J connectivity index is 2.44. The number of hydrogen-bond acceptors (Lipinski definition) is 4. The van der Waals surface area contributed by atoms with Crippen molar-refractivity contribution in [1.29, 1.82) is 0 Å². The van der Waals surface area contributed by atoms with Gasteiger partial charge in [-0.15, -0.1) is 11.6 Å². The van der Waals surface area contributed by atoms with Gasteiger partial charge in [-0.1, -0.05) is 13.3 Å². The van der Waals surface area contributed by atoms with Crippen LogP contribution < -0.4 is 5.32 Å². The minimum atomic E-state index is -0.583. The molecule has 0 amide bonds. The molecule has 4 nitrogen and oxygen atoms in total. The van der Waals surface area contributed by atoms with E-state index in [1.54, 1.807) is 24.3 Å². The Labute approximate surface area is 118 Å². The van der Waals surface area contributed by atoms with Gasteiger partial charge in [0.2, 0.25) is 0 Å². The first-order valence-electron chi connectivity index (χ1n) is 6.42. The van der Waals surface area contributed by atoms with Crippen LogP contribution in [0.15, 0.2) is 24.3 Å². The summed E-state index contributed by atoms with van der Waals surface area (Å²) in [4.78, 5) is 11.6. The standard InChI is InChI=1S/C14H20ClNO3/c1-2-3-8-19-14(18)11-4-6-12(7-5-11)16-10-13(17)9-15/h4-7,13,16-17H,2-3,8-10H2,1H3. The maximum Gasteiger partial charge on any atom is 0.338 e. The van der Waals surface area contributed by atoms with E-state index in [2.05, 4.69) is 5.32 Å². The number of benzene rings is 1. The highest BCUT2D eigenvalue weighted by Gasteiger charge is 2.07. The SMILES string of the molecule is CCCCOC(=O)c1ccc(NCC(O)CCl)cc1. The van der Waals surface area contributed by atoms with Gasteiger partial charge in [-0.25, -0.2) is 4.79 Å². The minimum Gasteiger partial charge on any atom is -0.462 e. The summed E-state index contributed by atoms with van der Waals surface area (Å²) in [5, 5.41) is 12.3. The number of esters is 1. The molecule has 1 unspecified atom stereocenters. The summed E-state index contributed by atoms with van der Waals surface area (Å²) in [6.07, 6.45) is 1.29. The van der Waals surface area contributed by atoms with Crippen LogP contribution in [0.5, 0.6) is 0 Å². The lowest BCUT2D eigenvalue weighted by molar-refractivity contribution is 0.0500. The molecule has 19 heavy (non-hydrogen) atoms. The number of anilines is 1. The fourth-order valence-corrected chi connectivity index (χ4v) is 1.52. The highest BCUT2D eigenvalue weighted by Crippen LogP contribution is 2.11. The second kappa shape index (κ2) is 8.77. The number of alkyl halides is 1. The van der Waals surface area contributed by atoms with Crippen molar-refractivity contribution in [1.82, 2.24) is 0 Å². The molecule has 0 spiro atoms. The third-order valence-corrected chi connectivity index (χ3v) is 2.93. The smallest absolute Gasteiger partial charge is 0.338 e. The van der Waals surface area contributed by atoms with E-state index in [0.717, 1.165) is 18.5 Å². The number of nitrogens with one attached hydrogen (secondary N) is 1. The van der Waals surface area contributed by atoms with Crippen LogP contribution in [-0.2, 0) is 4.74 Å². The molecule has 106 valence electrons. The predicted octanol–water partition coefficient (Wildman–Crippen LogP) is 2.66. The van der Waals surface area contributed by atoms with E-state index in [-0.39, 0.29) is 11.8 Å². The lowest BCUT2D eigenvalue weighted by Crippen LogP contribution is -2.20. The molecule has 0 aromatic heterocycles. The quantitative estimate of drug-likeness (QED) is 0.438. The molecule has 0 aliphatic heterocycles. The van der Waals surface area contributed by atoms with Crippen LogP contribution in [0, 0.1) is 0 Å². The summed E-state index contributed by atoms with van der Waals surface area (Å²) in [7, 11) is 0. The molecule has 0 fully saturated rings. The average molecular weight is 286 g/mol. The molecule has 0 radical (unpaired) electrons. The maximum absolute atomic E-state index is 11.6. The topological polar surface area (TPSA) is 58.6 Å². The van der Waals surface area contributed by atoms with Crippen molar-refractivity contribution in [3.63, 3.8) is 0 Å². The monoisotopic (exact) mass is 285 g/mol. The zero-order valence-corrected chi connectivity index (χ0v) is 11.8. The molecule has 0 aliphatic rings. The number of aliphatic hydroxyl groups is 1. The van der Waals surface area contributed by atoms with Gasteiger partial charge in [0.15, 0.2) is 0 Å². The Morgan fingerprint density at radius 3 is 2.68 bits per heavy atom. The first-order valence-corrected chi connectivity index (χ1v) is 6.96. The van der Waals surface area contributed by atoms with E-state index in [9.17, 15) is 9.90 Å². The summed E-state index contributed by atoms with van der Waals surface area (Å²) < 4.78 is 5.11. The summed E-state index contributed by atoms with van der Waals surface area (Å²) in [5.74, 6) is -0.115. The Kier molecular flexibility index (Phi) is 7.30. The number of carbonyl (C=O) groups is 1. The molecule has 0 bridgehead atoms. The van der Waals surface area contributed by atoms with E-state index in [0.29, 0.717) is 18.7 Å². The number of unbranched alkanes of at least 4 members (excludes halogenated alkanes) is 1. The molecule has 1 atom stereocenters. The van der Waals surface area contributed by atoms with Crippen LogP contribution in [0.4, 0.5) is 5.69 Å². The van der Waals surface area contributed by atoms with E-state index in [4.69, 9.17) is 16.3 Å². The van der Waals surface area contributed by atoms with E-state index in [1.807, 2.05) is 6.92 Å². The van der Waals surface area contributed by atoms with Crippen molar-refractivity contribution in [2.45, 2.75) is 25.9 Å². The van der Waals surface area contributed by atoms with Crippen LogP contribution >= 0.6 is 11.6 Å². The van der Waals surface area contributed by atoms with E-state index >= 15 is 0 Å². The molecular formula is C14H20ClNO3. The van der Waals surface area contributed by atoms with Gasteiger partial charge >= 0.3 is 5.97 Å². The zero-order valence-electron chi connectivity index (χ0n) is 11.1. The third kappa shape index (κ3) is 5.94. The van der Waals surface area contributed by atoms with Gasteiger partial charge < -0.3 is 15.2 Å². The van der Waals surface area contributed by atoms with Crippen LogP contribution in [0.1, 0.15) is 30.1 Å². The second-order valence-electron chi connectivity index (χ2n) is 4.26. The zero-order chi connectivity index (χ0) is 14.1.